The highest BCUT2D eigenvalue weighted by Gasteiger charge is 2.51. The lowest BCUT2D eigenvalue weighted by Crippen LogP contribution is -2.67. The summed E-state index contributed by atoms with van der Waals surface area (Å²) in [6.07, 6.45) is 2.00. The molecule has 3 rings (SSSR count). The molecule has 0 saturated carbocycles. The van der Waals surface area contributed by atoms with Crippen molar-refractivity contribution in [3.8, 4) is 0 Å². The number of ether oxygens (including phenoxy) is 2. The van der Waals surface area contributed by atoms with Crippen LogP contribution in [0.3, 0.4) is 0 Å². The molecule has 0 bridgehead atoms. The average molecular weight is 640 g/mol. The molecular formula is C38H61NO5Si. The molecule has 0 amide bonds. The van der Waals surface area contributed by atoms with Crippen LogP contribution in [0.25, 0.3) is 0 Å². The first-order valence-electron chi connectivity index (χ1n) is 16.8. The van der Waals surface area contributed by atoms with Crippen molar-refractivity contribution in [2.45, 2.75) is 116 Å². The van der Waals surface area contributed by atoms with E-state index in [0.29, 0.717) is 25.5 Å². The van der Waals surface area contributed by atoms with Gasteiger partial charge in [-0.1, -0.05) is 108 Å². The number of hydrogen-bond donors (Lipinski definition) is 2. The highest BCUT2D eigenvalue weighted by molar-refractivity contribution is 6.99. The van der Waals surface area contributed by atoms with Gasteiger partial charge in [-0.2, -0.15) is 0 Å². The van der Waals surface area contributed by atoms with Gasteiger partial charge in [0.25, 0.3) is 8.32 Å². The molecule has 2 aromatic rings. The van der Waals surface area contributed by atoms with E-state index in [-0.39, 0.29) is 28.9 Å². The molecule has 2 aromatic carbocycles. The molecule has 0 spiro atoms. The van der Waals surface area contributed by atoms with Gasteiger partial charge in [-0.3, -0.25) is 0 Å². The van der Waals surface area contributed by atoms with Crippen molar-refractivity contribution in [3.05, 3.63) is 73.3 Å². The van der Waals surface area contributed by atoms with Crippen LogP contribution in [-0.2, 0) is 13.9 Å². The van der Waals surface area contributed by atoms with Gasteiger partial charge < -0.3 is 29.0 Å². The molecule has 1 aliphatic rings. The van der Waals surface area contributed by atoms with E-state index in [1.165, 1.54) is 10.4 Å². The van der Waals surface area contributed by atoms with Crippen LogP contribution >= 0.6 is 0 Å². The maximum atomic E-state index is 12.2. The topological polar surface area (TPSA) is 71.4 Å². The van der Waals surface area contributed by atoms with Gasteiger partial charge >= 0.3 is 0 Å². The van der Waals surface area contributed by atoms with E-state index >= 15 is 0 Å². The predicted molar refractivity (Wildman–Crippen MR) is 188 cm³/mol. The zero-order valence-corrected chi connectivity index (χ0v) is 30.6. The van der Waals surface area contributed by atoms with E-state index in [1.807, 2.05) is 20.8 Å². The fraction of sp³-hybridized carbons (Fsp3) is 0.632. The van der Waals surface area contributed by atoms with Crippen LogP contribution in [0.2, 0.25) is 5.04 Å². The van der Waals surface area contributed by atoms with Crippen molar-refractivity contribution in [1.29, 1.82) is 0 Å². The molecule has 0 radical (unpaired) electrons. The molecule has 1 saturated heterocycles. The van der Waals surface area contributed by atoms with E-state index in [1.54, 1.807) is 6.08 Å². The maximum Gasteiger partial charge on any atom is 0.261 e. The molecule has 0 aromatic heterocycles. The third-order valence-corrected chi connectivity index (χ3v) is 14.8. The zero-order chi connectivity index (χ0) is 33.6. The zero-order valence-electron chi connectivity index (χ0n) is 29.6. The minimum absolute atomic E-state index is 0.00893. The Morgan fingerprint density at radius 3 is 1.98 bits per heavy atom. The number of rotatable bonds is 15. The van der Waals surface area contributed by atoms with Crippen LogP contribution in [0.1, 0.15) is 74.7 Å². The summed E-state index contributed by atoms with van der Waals surface area (Å²) >= 11 is 0. The summed E-state index contributed by atoms with van der Waals surface area (Å²) in [5.41, 5.74) is -1.26. The third-order valence-electron chi connectivity index (χ3n) is 9.78. The van der Waals surface area contributed by atoms with Crippen LogP contribution in [0, 0.1) is 17.8 Å². The molecule has 6 nitrogen and oxygen atoms in total. The van der Waals surface area contributed by atoms with Gasteiger partial charge in [0.2, 0.25) is 0 Å². The summed E-state index contributed by atoms with van der Waals surface area (Å²) in [4.78, 5) is 2.21. The van der Waals surface area contributed by atoms with Gasteiger partial charge in [0.15, 0.2) is 6.29 Å². The van der Waals surface area contributed by atoms with Crippen LogP contribution in [0.4, 0.5) is 0 Å². The predicted octanol–water partition coefficient (Wildman–Crippen LogP) is 6.00. The van der Waals surface area contributed by atoms with E-state index in [0.717, 1.165) is 6.42 Å². The molecule has 9 atom stereocenters. The summed E-state index contributed by atoms with van der Waals surface area (Å²) in [6, 6.07) is 21.6. The average Bonchev–Trinajstić information content (AvgIpc) is 2.98. The van der Waals surface area contributed by atoms with Crippen molar-refractivity contribution in [2.24, 2.45) is 17.8 Å². The van der Waals surface area contributed by atoms with Crippen LogP contribution in [0.15, 0.2) is 73.3 Å². The Morgan fingerprint density at radius 1 is 0.978 bits per heavy atom. The molecule has 1 aliphatic heterocycles. The lowest BCUT2D eigenvalue weighted by atomic mass is 9.78. The molecular weight excluding hydrogens is 579 g/mol. The highest BCUT2D eigenvalue weighted by Crippen LogP contribution is 2.39. The van der Waals surface area contributed by atoms with Crippen LogP contribution in [-0.4, -0.2) is 80.4 Å². The first kappa shape index (κ1) is 37.6. The van der Waals surface area contributed by atoms with Crippen molar-refractivity contribution in [1.82, 2.24) is 4.90 Å². The molecule has 2 N–H and O–H groups in total. The highest BCUT2D eigenvalue weighted by atomic mass is 28.4. The summed E-state index contributed by atoms with van der Waals surface area (Å²) in [5.74, 6) is -0.510. The first-order valence-corrected chi connectivity index (χ1v) is 18.7. The third kappa shape index (κ3) is 9.16. The normalized spacial score (nSPS) is 24.3. The van der Waals surface area contributed by atoms with Gasteiger partial charge in [0.05, 0.1) is 23.9 Å². The van der Waals surface area contributed by atoms with Gasteiger partial charge in [-0.15, -0.1) is 6.58 Å². The van der Waals surface area contributed by atoms with Crippen LogP contribution < -0.4 is 10.4 Å². The lowest BCUT2D eigenvalue weighted by molar-refractivity contribution is -0.266. The summed E-state index contributed by atoms with van der Waals surface area (Å²) < 4.78 is 20.2. The Labute approximate surface area is 274 Å². The summed E-state index contributed by atoms with van der Waals surface area (Å²) in [7, 11) is 1.44. The maximum absolute atomic E-state index is 12.2. The molecule has 1 fully saturated rings. The fourth-order valence-electron chi connectivity index (χ4n) is 7.29. The Morgan fingerprint density at radius 2 is 1.51 bits per heavy atom. The van der Waals surface area contributed by atoms with Gasteiger partial charge in [0, 0.05) is 30.9 Å². The Balaban J connectivity index is 1.90. The smallest absolute Gasteiger partial charge is 0.261 e. The summed E-state index contributed by atoms with van der Waals surface area (Å²) in [6.45, 7) is 21.2. The molecule has 252 valence electrons. The van der Waals surface area contributed by atoms with Gasteiger partial charge in [-0.25, -0.2) is 0 Å². The standard InChI is InChI=1S/C38H61NO5Si/c1-12-28(3)35(40)30(5)36(44-34-24-31(39(10)11)23-29(4)43-34)38(9,41)25-27(2)26-42-45(37(6,7)8,32-19-15-13-16-20-32)33-21-17-14-18-22-33/h12-22,27-31,34-36,40-41H,1,23-26H2,2-11H3/t27-,28+,29-,30+,31+,34?,35-,36-,38-/m1/s1. The lowest BCUT2D eigenvalue weighted by Gasteiger charge is -2.46. The number of benzene rings is 2. The molecule has 45 heavy (non-hydrogen) atoms. The number of aliphatic hydroxyl groups is 2. The Hall–Kier alpha value is -1.84. The van der Waals surface area contributed by atoms with Crippen molar-refractivity contribution >= 4 is 18.7 Å². The second-order valence-corrected chi connectivity index (χ2v) is 19.4. The summed E-state index contributed by atoms with van der Waals surface area (Å²) in [5, 5.41) is 25.9. The van der Waals surface area contributed by atoms with Crippen LogP contribution in [0.5, 0.6) is 0 Å². The number of nitrogens with zero attached hydrogens (tertiary/aromatic N) is 1. The van der Waals surface area contributed by atoms with E-state index < -0.39 is 32.4 Å². The molecule has 0 aliphatic carbocycles. The monoisotopic (exact) mass is 639 g/mol. The largest absolute Gasteiger partial charge is 0.407 e. The number of hydrogen-bond acceptors (Lipinski definition) is 6. The second-order valence-electron chi connectivity index (χ2n) is 15.1. The Kier molecular flexibility index (Phi) is 13.2. The van der Waals surface area contributed by atoms with E-state index in [2.05, 4.69) is 121 Å². The fourth-order valence-corrected chi connectivity index (χ4v) is 12.0. The van der Waals surface area contributed by atoms with E-state index in [4.69, 9.17) is 13.9 Å². The molecule has 7 heteroatoms. The van der Waals surface area contributed by atoms with Gasteiger partial charge in [-0.05, 0) is 62.1 Å². The number of aliphatic hydroxyl groups excluding tert-OH is 1. The Bertz CT molecular complexity index is 1130. The second kappa shape index (κ2) is 15.8. The van der Waals surface area contributed by atoms with E-state index in [9.17, 15) is 10.2 Å². The molecule has 1 unspecified atom stereocenters. The van der Waals surface area contributed by atoms with Gasteiger partial charge in [0.1, 0.15) is 0 Å². The molecule has 1 heterocycles. The van der Waals surface area contributed by atoms with Crippen molar-refractivity contribution in [2.75, 3.05) is 20.7 Å². The first-order chi connectivity index (χ1) is 21.0. The minimum atomic E-state index is -2.72. The van der Waals surface area contributed by atoms with Crippen molar-refractivity contribution < 1.29 is 24.1 Å². The van der Waals surface area contributed by atoms with Crippen molar-refractivity contribution in [3.63, 3.8) is 0 Å². The quantitative estimate of drug-likeness (QED) is 0.184. The minimum Gasteiger partial charge on any atom is -0.407 e. The SMILES string of the molecule is C=C[C@H](C)[C@@H](O)[C@H](C)[C@@H](OC1C[C@@H](N(C)C)C[C@@H](C)O1)[C@](C)(O)C[C@@H](C)CO[Si](c1ccccc1)(c1ccccc1)C(C)(C)C.